The standard InChI is InChI=1S/C17H29N3O/c1-3-10-18-13-15-7-5-9-17(19-15)20-11-6-8-16(14-20)21-12-4-2/h5,7,9,16,18H,3-4,6,8,10-14H2,1-2H3. The maximum absolute atomic E-state index is 5.91. The lowest BCUT2D eigenvalue weighted by Crippen LogP contribution is -2.40. The van der Waals surface area contributed by atoms with Gasteiger partial charge < -0.3 is 15.0 Å². The van der Waals surface area contributed by atoms with Crippen LogP contribution in [0.5, 0.6) is 0 Å². The topological polar surface area (TPSA) is 37.4 Å². The van der Waals surface area contributed by atoms with Crippen LogP contribution in [0.3, 0.4) is 0 Å². The number of aromatic nitrogens is 1. The highest BCUT2D eigenvalue weighted by atomic mass is 16.5. The van der Waals surface area contributed by atoms with E-state index in [1.165, 1.54) is 12.8 Å². The molecule has 118 valence electrons. The summed E-state index contributed by atoms with van der Waals surface area (Å²) in [5.74, 6) is 1.09. The van der Waals surface area contributed by atoms with Crippen LogP contribution < -0.4 is 10.2 Å². The molecule has 4 heteroatoms. The second kappa shape index (κ2) is 9.00. The molecule has 1 aliphatic heterocycles. The zero-order valence-corrected chi connectivity index (χ0v) is 13.5. The van der Waals surface area contributed by atoms with E-state index in [2.05, 4.69) is 42.3 Å². The van der Waals surface area contributed by atoms with Crippen molar-refractivity contribution < 1.29 is 4.74 Å². The molecule has 1 unspecified atom stereocenters. The van der Waals surface area contributed by atoms with E-state index >= 15 is 0 Å². The first-order chi connectivity index (χ1) is 10.3. The Balaban J connectivity index is 1.92. The lowest BCUT2D eigenvalue weighted by molar-refractivity contribution is 0.0439. The third-order valence-electron chi connectivity index (χ3n) is 3.78. The smallest absolute Gasteiger partial charge is 0.128 e. The van der Waals surface area contributed by atoms with Gasteiger partial charge >= 0.3 is 0 Å². The Kier molecular flexibility index (Phi) is 6.96. The van der Waals surface area contributed by atoms with Gasteiger partial charge in [-0.1, -0.05) is 19.9 Å². The van der Waals surface area contributed by atoms with E-state index in [4.69, 9.17) is 9.72 Å². The van der Waals surface area contributed by atoms with Gasteiger partial charge in [0.2, 0.25) is 0 Å². The Morgan fingerprint density at radius 1 is 1.33 bits per heavy atom. The molecule has 0 bridgehead atoms. The minimum absolute atomic E-state index is 0.363. The average molecular weight is 291 g/mol. The highest BCUT2D eigenvalue weighted by Crippen LogP contribution is 2.20. The zero-order chi connectivity index (χ0) is 14.9. The third kappa shape index (κ3) is 5.29. The molecule has 1 aromatic heterocycles. The summed E-state index contributed by atoms with van der Waals surface area (Å²) in [5, 5.41) is 3.41. The van der Waals surface area contributed by atoms with Crippen LogP contribution in [0.25, 0.3) is 0 Å². The van der Waals surface area contributed by atoms with Crippen molar-refractivity contribution in [2.45, 2.75) is 52.2 Å². The van der Waals surface area contributed by atoms with Gasteiger partial charge in [0.25, 0.3) is 0 Å². The normalized spacial score (nSPS) is 19.0. The number of nitrogens with one attached hydrogen (secondary N) is 1. The van der Waals surface area contributed by atoms with Crippen molar-refractivity contribution in [1.29, 1.82) is 0 Å². The Bertz CT molecular complexity index is 411. The zero-order valence-electron chi connectivity index (χ0n) is 13.5. The highest BCUT2D eigenvalue weighted by molar-refractivity contribution is 5.40. The molecule has 0 saturated carbocycles. The summed E-state index contributed by atoms with van der Waals surface area (Å²) < 4.78 is 5.91. The van der Waals surface area contributed by atoms with Gasteiger partial charge in [0.1, 0.15) is 5.82 Å². The molecule has 0 radical (unpaired) electrons. The van der Waals surface area contributed by atoms with E-state index in [-0.39, 0.29) is 0 Å². The molecule has 0 aliphatic carbocycles. The molecule has 21 heavy (non-hydrogen) atoms. The van der Waals surface area contributed by atoms with Gasteiger partial charge in [-0.05, 0) is 44.4 Å². The molecule has 1 fully saturated rings. The fourth-order valence-corrected chi connectivity index (χ4v) is 2.70. The first-order valence-corrected chi connectivity index (χ1v) is 8.36. The minimum Gasteiger partial charge on any atom is -0.376 e. The lowest BCUT2D eigenvalue weighted by atomic mass is 10.1. The van der Waals surface area contributed by atoms with Gasteiger partial charge in [0.05, 0.1) is 11.8 Å². The monoisotopic (exact) mass is 291 g/mol. The van der Waals surface area contributed by atoms with Gasteiger partial charge in [-0.3, -0.25) is 0 Å². The summed E-state index contributed by atoms with van der Waals surface area (Å²) in [5.41, 5.74) is 1.12. The molecule has 0 spiro atoms. The van der Waals surface area contributed by atoms with Crippen LogP contribution in [0.4, 0.5) is 5.82 Å². The van der Waals surface area contributed by atoms with Gasteiger partial charge in [-0.25, -0.2) is 4.98 Å². The Morgan fingerprint density at radius 2 is 2.24 bits per heavy atom. The van der Waals surface area contributed by atoms with Crippen molar-refractivity contribution in [3.63, 3.8) is 0 Å². The molecule has 0 amide bonds. The van der Waals surface area contributed by atoms with E-state index in [9.17, 15) is 0 Å². The second-order valence-electron chi connectivity index (χ2n) is 5.74. The van der Waals surface area contributed by atoms with E-state index in [1.54, 1.807) is 0 Å². The van der Waals surface area contributed by atoms with Gasteiger partial charge in [-0.15, -0.1) is 0 Å². The number of nitrogens with zero attached hydrogens (tertiary/aromatic N) is 2. The summed E-state index contributed by atoms with van der Waals surface area (Å²) >= 11 is 0. The Hall–Kier alpha value is -1.13. The summed E-state index contributed by atoms with van der Waals surface area (Å²) in [7, 11) is 0. The van der Waals surface area contributed by atoms with Crippen LogP contribution in [-0.2, 0) is 11.3 Å². The summed E-state index contributed by atoms with van der Waals surface area (Å²) in [6, 6.07) is 6.33. The first-order valence-electron chi connectivity index (χ1n) is 8.36. The third-order valence-corrected chi connectivity index (χ3v) is 3.78. The van der Waals surface area contributed by atoms with Gasteiger partial charge in [0, 0.05) is 26.2 Å². The van der Waals surface area contributed by atoms with Crippen LogP contribution in [0.2, 0.25) is 0 Å². The SMILES string of the molecule is CCCNCc1cccc(N2CCCC(OCCC)C2)n1. The molecular formula is C17H29N3O. The van der Waals surface area contributed by atoms with E-state index in [0.717, 1.165) is 57.1 Å². The fraction of sp³-hybridized carbons (Fsp3) is 0.706. The molecular weight excluding hydrogens is 262 g/mol. The summed E-state index contributed by atoms with van der Waals surface area (Å²) in [6.45, 7) is 9.17. The molecule has 1 aliphatic rings. The number of hydrogen-bond acceptors (Lipinski definition) is 4. The number of anilines is 1. The highest BCUT2D eigenvalue weighted by Gasteiger charge is 2.21. The molecule has 4 nitrogen and oxygen atoms in total. The van der Waals surface area contributed by atoms with Crippen molar-refractivity contribution in [2.24, 2.45) is 0 Å². The van der Waals surface area contributed by atoms with Crippen molar-refractivity contribution in [2.75, 3.05) is 31.1 Å². The number of piperidine rings is 1. The van der Waals surface area contributed by atoms with Crippen molar-refractivity contribution >= 4 is 5.82 Å². The average Bonchev–Trinajstić information content (AvgIpc) is 2.54. The predicted octanol–water partition coefficient (Wildman–Crippen LogP) is 2.98. The largest absolute Gasteiger partial charge is 0.376 e. The maximum atomic E-state index is 5.91. The Morgan fingerprint density at radius 3 is 3.05 bits per heavy atom. The number of ether oxygens (including phenoxy) is 1. The lowest BCUT2D eigenvalue weighted by Gasteiger charge is -2.33. The minimum atomic E-state index is 0.363. The Labute approximate surface area is 128 Å². The predicted molar refractivity (Wildman–Crippen MR) is 87.7 cm³/mol. The maximum Gasteiger partial charge on any atom is 0.128 e. The van der Waals surface area contributed by atoms with Crippen LogP contribution in [0, 0.1) is 0 Å². The molecule has 1 atom stereocenters. The van der Waals surface area contributed by atoms with Crippen LogP contribution >= 0.6 is 0 Å². The summed E-state index contributed by atoms with van der Waals surface area (Å²) in [4.78, 5) is 7.16. The summed E-state index contributed by atoms with van der Waals surface area (Å²) in [6.07, 6.45) is 4.97. The first kappa shape index (κ1) is 16.2. The van der Waals surface area contributed by atoms with E-state index in [1.807, 2.05) is 0 Å². The van der Waals surface area contributed by atoms with Gasteiger partial charge in [-0.2, -0.15) is 0 Å². The molecule has 2 heterocycles. The van der Waals surface area contributed by atoms with E-state index < -0.39 is 0 Å². The number of rotatable bonds is 8. The van der Waals surface area contributed by atoms with Gasteiger partial charge in [0.15, 0.2) is 0 Å². The molecule has 1 aromatic rings. The molecule has 1 N–H and O–H groups in total. The van der Waals surface area contributed by atoms with Crippen LogP contribution in [0.15, 0.2) is 18.2 Å². The second-order valence-corrected chi connectivity index (χ2v) is 5.74. The quantitative estimate of drug-likeness (QED) is 0.747. The number of hydrogen-bond donors (Lipinski definition) is 1. The number of pyridine rings is 1. The molecule has 0 aromatic carbocycles. The fourth-order valence-electron chi connectivity index (χ4n) is 2.70. The molecule has 2 rings (SSSR count). The van der Waals surface area contributed by atoms with Crippen LogP contribution in [-0.4, -0.2) is 37.3 Å². The molecule has 1 saturated heterocycles. The van der Waals surface area contributed by atoms with E-state index in [0.29, 0.717) is 6.10 Å². The van der Waals surface area contributed by atoms with Crippen molar-refractivity contribution in [1.82, 2.24) is 10.3 Å². The van der Waals surface area contributed by atoms with Crippen LogP contribution in [0.1, 0.15) is 45.2 Å². The van der Waals surface area contributed by atoms with Crippen molar-refractivity contribution in [3.8, 4) is 0 Å². The van der Waals surface area contributed by atoms with Crippen molar-refractivity contribution in [3.05, 3.63) is 23.9 Å².